The molecule has 0 aliphatic heterocycles. The van der Waals surface area contributed by atoms with Gasteiger partial charge in [-0.25, -0.2) is 0 Å². The smallest absolute Gasteiger partial charge is 0.262 e. The highest BCUT2D eigenvalue weighted by atomic mass is 16.3. The predicted octanol–water partition coefficient (Wildman–Crippen LogP) is 0.785. The van der Waals surface area contributed by atoms with E-state index in [1.807, 2.05) is 28.7 Å². The zero-order valence-corrected chi connectivity index (χ0v) is 13.4. The molecule has 1 N–H and O–H groups in total. The van der Waals surface area contributed by atoms with Gasteiger partial charge in [-0.05, 0) is 25.1 Å². The van der Waals surface area contributed by atoms with Gasteiger partial charge in [-0.3, -0.25) is 18.7 Å². The Balaban J connectivity index is 2.17. The van der Waals surface area contributed by atoms with Crippen molar-refractivity contribution >= 4 is 16.7 Å². The Morgan fingerprint density at radius 2 is 2.00 bits per heavy atom. The zero-order chi connectivity index (χ0) is 16.4. The molecule has 23 heavy (non-hydrogen) atoms. The van der Waals surface area contributed by atoms with Crippen molar-refractivity contribution < 1.29 is 5.11 Å². The molecule has 0 saturated carbocycles. The van der Waals surface area contributed by atoms with E-state index in [1.165, 1.54) is 4.57 Å². The van der Waals surface area contributed by atoms with Crippen molar-refractivity contribution in [3.05, 3.63) is 40.4 Å². The van der Waals surface area contributed by atoms with Gasteiger partial charge in [0.25, 0.3) is 5.56 Å². The summed E-state index contributed by atoms with van der Waals surface area (Å²) in [5, 5.41) is 18.3. The summed E-state index contributed by atoms with van der Waals surface area (Å²) in [6, 6.07) is 7.49. The first-order chi connectivity index (χ1) is 11.2. The first-order valence-corrected chi connectivity index (χ1v) is 7.82. The molecule has 0 aliphatic rings. The molecule has 0 unspecified atom stereocenters. The first-order valence-electron chi connectivity index (χ1n) is 7.82. The number of benzene rings is 1. The first kappa shape index (κ1) is 15.6. The van der Waals surface area contributed by atoms with Crippen LogP contribution in [0.15, 0.2) is 29.1 Å². The Morgan fingerprint density at radius 1 is 1.22 bits per heavy atom. The van der Waals surface area contributed by atoms with Gasteiger partial charge < -0.3 is 5.11 Å². The Hall–Kier alpha value is -2.25. The van der Waals surface area contributed by atoms with Crippen molar-refractivity contribution in [2.75, 3.05) is 19.7 Å². The highest BCUT2D eigenvalue weighted by Crippen LogP contribution is 2.15. The fourth-order valence-corrected chi connectivity index (χ4v) is 2.92. The molecule has 0 radical (unpaired) electrons. The average Bonchev–Trinajstić information content (AvgIpc) is 2.97. The molecule has 0 fully saturated rings. The third-order valence-corrected chi connectivity index (χ3v) is 4.01. The number of aliphatic hydroxyl groups is 1. The highest BCUT2D eigenvalue weighted by molar-refractivity contribution is 5.80. The van der Waals surface area contributed by atoms with Crippen LogP contribution in [-0.2, 0) is 13.6 Å². The number of rotatable bonds is 6. The number of aliphatic hydroxyl groups excluding tert-OH is 1. The fourth-order valence-electron chi connectivity index (χ4n) is 2.92. The van der Waals surface area contributed by atoms with E-state index in [0.717, 1.165) is 24.3 Å². The molecule has 0 aliphatic carbocycles. The number of fused-ring (bicyclic) bond motifs is 3. The van der Waals surface area contributed by atoms with E-state index in [4.69, 9.17) is 0 Å². The van der Waals surface area contributed by atoms with Gasteiger partial charge in [0.1, 0.15) is 0 Å². The molecule has 0 amide bonds. The molecule has 122 valence electrons. The predicted molar refractivity (Wildman–Crippen MR) is 88.4 cm³/mol. The van der Waals surface area contributed by atoms with Crippen LogP contribution < -0.4 is 5.56 Å². The quantitative estimate of drug-likeness (QED) is 0.728. The summed E-state index contributed by atoms with van der Waals surface area (Å²) in [4.78, 5) is 14.6. The highest BCUT2D eigenvalue weighted by Gasteiger charge is 2.16. The lowest BCUT2D eigenvalue weighted by Gasteiger charge is -2.19. The average molecular weight is 315 g/mol. The molecule has 1 aromatic carbocycles. The second-order valence-corrected chi connectivity index (χ2v) is 5.63. The maximum atomic E-state index is 12.4. The van der Waals surface area contributed by atoms with Gasteiger partial charge in [0.15, 0.2) is 5.82 Å². The van der Waals surface area contributed by atoms with Crippen molar-refractivity contribution in [2.45, 2.75) is 19.9 Å². The van der Waals surface area contributed by atoms with Crippen LogP contribution in [0.2, 0.25) is 0 Å². The van der Waals surface area contributed by atoms with Crippen LogP contribution in [0.5, 0.6) is 0 Å². The van der Waals surface area contributed by atoms with Crippen LogP contribution in [0.3, 0.4) is 0 Å². The normalized spacial score (nSPS) is 11.8. The van der Waals surface area contributed by atoms with Crippen molar-refractivity contribution in [3.8, 4) is 0 Å². The molecule has 2 aromatic heterocycles. The number of hydrogen-bond acceptors (Lipinski definition) is 5. The molecule has 7 heteroatoms. The number of aromatic nitrogens is 4. The molecule has 2 heterocycles. The summed E-state index contributed by atoms with van der Waals surface area (Å²) < 4.78 is 3.45. The minimum atomic E-state index is -0.0761. The Labute approximate surface area is 133 Å². The lowest BCUT2D eigenvalue weighted by Crippen LogP contribution is -2.28. The second kappa shape index (κ2) is 6.47. The molecular weight excluding hydrogens is 294 g/mol. The monoisotopic (exact) mass is 315 g/mol. The second-order valence-electron chi connectivity index (χ2n) is 5.63. The Bertz CT molecular complexity index is 877. The van der Waals surface area contributed by atoms with Crippen molar-refractivity contribution in [3.63, 3.8) is 0 Å². The number of para-hydroxylation sites is 1. The van der Waals surface area contributed by atoms with Gasteiger partial charge in [0.05, 0.1) is 24.1 Å². The summed E-state index contributed by atoms with van der Waals surface area (Å²) >= 11 is 0. The summed E-state index contributed by atoms with van der Waals surface area (Å²) in [6.07, 6.45) is 0.996. The van der Waals surface area contributed by atoms with E-state index >= 15 is 0 Å². The van der Waals surface area contributed by atoms with Gasteiger partial charge in [-0.15, -0.1) is 10.2 Å². The van der Waals surface area contributed by atoms with Gasteiger partial charge >= 0.3 is 0 Å². The molecule has 3 rings (SSSR count). The third-order valence-electron chi connectivity index (χ3n) is 4.01. The van der Waals surface area contributed by atoms with Gasteiger partial charge in [0.2, 0.25) is 5.78 Å². The molecule has 3 aromatic rings. The van der Waals surface area contributed by atoms with Crippen LogP contribution in [0.1, 0.15) is 19.2 Å². The van der Waals surface area contributed by atoms with E-state index in [2.05, 4.69) is 22.0 Å². The van der Waals surface area contributed by atoms with E-state index < -0.39 is 0 Å². The molecule has 0 spiro atoms. The minimum Gasteiger partial charge on any atom is -0.395 e. The maximum Gasteiger partial charge on any atom is 0.262 e. The fraction of sp³-hybridized carbons (Fsp3) is 0.438. The Kier molecular flexibility index (Phi) is 4.40. The Morgan fingerprint density at radius 3 is 2.74 bits per heavy atom. The van der Waals surface area contributed by atoms with Crippen molar-refractivity contribution in [1.82, 2.24) is 24.1 Å². The number of aryl methyl sites for hydroxylation is 1. The van der Waals surface area contributed by atoms with Crippen LogP contribution in [0, 0.1) is 0 Å². The molecule has 0 saturated heterocycles. The molecular formula is C16H21N5O2. The molecule has 0 atom stereocenters. The minimum absolute atomic E-state index is 0.0761. The van der Waals surface area contributed by atoms with Crippen LogP contribution in [0.4, 0.5) is 0 Å². The maximum absolute atomic E-state index is 12.4. The van der Waals surface area contributed by atoms with Gasteiger partial charge in [-0.2, -0.15) is 0 Å². The topological polar surface area (TPSA) is 75.7 Å². The van der Waals surface area contributed by atoms with Crippen LogP contribution in [0.25, 0.3) is 16.7 Å². The van der Waals surface area contributed by atoms with Crippen LogP contribution >= 0.6 is 0 Å². The van der Waals surface area contributed by atoms with Crippen molar-refractivity contribution in [1.29, 1.82) is 0 Å². The summed E-state index contributed by atoms with van der Waals surface area (Å²) in [6.45, 7) is 4.25. The largest absolute Gasteiger partial charge is 0.395 e. The lowest BCUT2D eigenvalue weighted by molar-refractivity contribution is 0.187. The van der Waals surface area contributed by atoms with Crippen LogP contribution in [-0.4, -0.2) is 48.9 Å². The SMILES string of the molecule is CCCN(CCO)Cc1nnc2n(C)c(=O)c3ccccc3n12. The van der Waals surface area contributed by atoms with Gasteiger partial charge in [0, 0.05) is 13.6 Å². The molecule has 7 nitrogen and oxygen atoms in total. The number of nitrogens with zero attached hydrogens (tertiary/aromatic N) is 5. The van der Waals surface area contributed by atoms with E-state index in [0.29, 0.717) is 24.3 Å². The van der Waals surface area contributed by atoms with Crippen molar-refractivity contribution in [2.24, 2.45) is 7.05 Å². The van der Waals surface area contributed by atoms with Gasteiger partial charge in [-0.1, -0.05) is 19.1 Å². The standard InChI is InChI=1S/C16H21N5O2/c1-3-8-20(9-10-22)11-14-17-18-16-19(2)15(23)12-6-4-5-7-13(12)21(14)16/h4-7,22H,3,8-11H2,1-2H3. The van der Waals surface area contributed by atoms with E-state index in [-0.39, 0.29) is 12.2 Å². The zero-order valence-electron chi connectivity index (χ0n) is 13.4. The van der Waals surface area contributed by atoms with E-state index in [1.54, 1.807) is 7.05 Å². The number of hydrogen-bond donors (Lipinski definition) is 1. The summed E-state index contributed by atoms with van der Waals surface area (Å²) in [5.41, 5.74) is 0.735. The molecule has 0 bridgehead atoms. The third kappa shape index (κ3) is 2.73. The summed E-state index contributed by atoms with van der Waals surface area (Å²) in [7, 11) is 1.71. The lowest BCUT2D eigenvalue weighted by atomic mass is 10.2. The summed E-state index contributed by atoms with van der Waals surface area (Å²) in [5.74, 6) is 1.30. The van der Waals surface area contributed by atoms with E-state index in [9.17, 15) is 9.90 Å².